The zero-order chi connectivity index (χ0) is 13.1. The Hall–Kier alpha value is -2.30. The van der Waals surface area contributed by atoms with Gasteiger partial charge < -0.3 is 14.8 Å². The summed E-state index contributed by atoms with van der Waals surface area (Å²) in [5.41, 5.74) is 0.654. The summed E-state index contributed by atoms with van der Waals surface area (Å²) in [4.78, 5) is 15.2. The predicted octanol–water partition coefficient (Wildman–Crippen LogP) is 2.21. The molecule has 0 saturated heterocycles. The van der Waals surface area contributed by atoms with Gasteiger partial charge >= 0.3 is 0 Å². The first-order chi connectivity index (χ1) is 8.65. The number of anilines is 1. The van der Waals surface area contributed by atoms with Gasteiger partial charge in [0.15, 0.2) is 11.5 Å². The van der Waals surface area contributed by atoms with E-state index >= 15 is 0 Å². The lowest BCUT2D eigenvalue weighted by Gasteiger charge is -2.11. The molecule has 0 aliphatic carbocycles. The number of carbonyl (C=O) groups excluding carboxylic acids is 1. The average Bonchev–Trinajstić information content (AvgIpc) is 2.37. The first kappa shape index (κ1) is 12.2. The van der Waals surface area contributed by atoms with E-state index in [1.807, 2.05) is 12.1 Å². The minimum atomic E-state index is -0.140. The summed E-state index contributed by atoms with van der Waals surface area (Å²) in [6.07, 6.45) is 3.32. The fraction of sp³-hybridized carbons (Fsp3) is 0.231. The van der Waals surface area contributed by atoms with Crippen molar-refractivity contribution in [2.24, 2.45) is 0 Å². The highest BCUT2D eigenvalue weighted by atomic mass is 16.5. The van der Waals surface area contributed by atoms with Crippen LogP contribution in [-0.4, -0.2) is 25.1 Å². The molecule has 2 rings (SSSR count). The van der Waals surface area contributed by atoms with Crippen molar-refractivity contribution in [3.63, 3.8) is 0 Å². The van der Waals surface area contributed by atoms with E-state index in [9.17, 15) is 4.79 Å². The zero-order valence-corrected chi connectivity index (χ0v) is 10.5. The number of hydrogen-bond donors (Lipinski definition) is 1. The van der Waals surface area contributed by atoms with Crippen LogP contribution in [0.5, 0.6) is 11.5 Å². The summed E-state index contributed by atoms with van der Waals surface area (Å²) in [6, 6.07) is 3.65. The van der Waals surface area contributed by atoms with Crippen LogP contribution in [0.3, 0.4) is 0 Å². The third kappa shape index (κ3) is 2.20. The van der Waals surface area contributed by atoms with Crippen LogP contribution in [-0.2, 0) is 4.79 Å². The fourth-order valence-corrected chi connectivity index (χ4v) is 1.79. The van der Waals surface area contributed by atoms with Gasteiger partial charge in [0.05, 0.1) is 26.1 Å². The molecule has 1 heterocycles. The Morgan fingerprint density at radius 2 is 1.83 bits per heavy atom. The molecule has 1 aromatic carbocycles. The van der Waals surface area contributed by atoms with E-state index in [4.69, 9.17) is 9.47 Å². The Kier molecular flexibility index (Phi) is 3.32. The second-order valence-corrected chi connectivity index (χ2v) is 3.80. The summed E-state index contributed by atoms with van der Waals surface area (Å²) in [6.45, 7) is 1.46. The summed E-state index contributed by atoms with van der Waals surface area (Å²) in [5.74, 6) is 1.11. The molecular weight excluding hydrogens is 232 g/mol. The van der Waals surface area contributed by atoms with E-state index in [0.717, 1.165) is 10.8 Å². The number of rotatable bonds is 3. The van der Waals surface area contributed by atoms with Crippen molar-refractivity contribution in [2.75, 3.05) is 19.5 Å². The van der Waals surface area contributed by atoms with Crippen LogP contribution in [0.15, 0.2) is 24.5 Å². The first-order valence-electron chi connectivity index (χ1n) is 5.43. The maximum absolute atomic E-state index is 11.1. The molecule has 0 fully saturated rings. The lowest BCUT2D eigenvalue weighted by atomic mass is 10.1. The van der Waals surface area contributed by atoms with Crippen LogP contribution >= 0.6 is 0 Å². The number of hydrogen-bond acceptors (Lipinski definition) is 4. The van der Waals surface area contributed by atoms with Crippen molar-refractivity contribution in [3.05, 3.63) is 24.5 Å². The van der Waals surface area contributed by atoms with Crippen molar-refractivity contribution in [3.8, 4) is 11.5 Å². The van der Waals surface area contributed by atoms with Gasteiger partial charge in [-0.05, 0) is 12.1 Å². The number of amides is 1. The Labute approximate surface area is 105 Å². The van der Waals surface area contributed by atoms with Crippen LogP contribution in [0.1, 0.15) is 6.92 Å². The van der Waals surface area contributed by atoms with Crippen molar-refractivity contribution in [1.29, 1.82) is 0 Å². The van der Waals surface area contributed by atoms with Crippen LogP contribution < -0.4 is 14.8 Å². The molecule has 5 heteroatoms. The SMILES string of the molecule is COc1cc2cncc(NC(C)=O)c2cc1OC. The number of methoxy groups -OCH3 is 2. The van der Waals surface area contributed by atoms with E-state index < -0.39 is 0 Å². The highest BCUT2D eigenvalue weighted by Crippen LogP contribution is 2.34. The van der Waals surface area contributed by atoms with Crippen LogP contribution in [0.4, 0.5) is 5.69 Å². The summed E-state index contributed by atoms with van der Waals surface area (Å²) in [5, 5.41) is 4.47. The molecule has 1 aromatic heterocycles. The van der Waals surface area contributed by atoms with Crippen molar-refractivity contribution in [1.82, 2.24) is 4.98 Å². The summed E-state index contributed by atoms with van der Waals surface area (Å²) < 4.78 is 10.5. The standard InChI is InChI=1S/C13H14N2O3/c1-8(16)15-11-7-14-6-9-4-12(17-2)13(18-3)5-10(9)11/h4-7H,1-3H3,(H,15,16). The number of pyridine rings is 1. The van der Waals surface area contributed by atoms with Crippen molar-refractivity contribution in [2.45, 2.75) is 6.92 Å². The largest absolute Gasteiger partial charge is 0.493 e. The van der Waals surface area contributed by atoms with E-state index in [0.29, 0.717) is 17.2 Å². The maximum Gasteiger partial charge on any atom is 0.221 e. The smallest absolute Gasteiger partial charge is 0.221 e. The van der Waals surface area contributed by atoms with Gasteiger partial charge in [-0.15, -0.1) is 0 Å². The van der Waals surface area contributed by atoms with E-state index in [-0.39, 0.29) is 5.91 Å². The van der Waals surface area contributed by atoms with Crippen molar-refractivity contribution < 1.29 is 14.3 Å². The molecule has 1 N–H and O–H groups in total. The number of nitrogens with zero attached hydrogens (tertiary/aromatic N) is 1. The van der Waals surface area contributed by atoms with Gasteiger partial charge in [0.25, 0.3) is 0 Å². The predicted molar refractivity (Wildman–Crippen MR) is 69.2 cm³/mol. The highest BCUT2D eigenvalue weighted by molar-refractivity contribution is 6.01. The Balaban J connectivity index is 2.64. The van der Waals surface area contributed by atoms with Gasteiger partial charge in [0.2, 0.25) is 5.91 Å². The molecular formula is C13H14N2O3. The Morgan fingerprint density at radius 1 is 1.17 bits per heavy atom. The van der Waals surface area contributed by atoms with Gasteiger partial charge in [0, 0.05) is 23.9 Å². The molecule has 0 spiro atoms. The number of fused-ring (bicyclic) bond motifs is 1. The lowest BCUT2D eigenvalue weighted by molar-refractivity contribution is -0.114. The number of nitrogens with one attached hydrogen (secondary N) is 1. The molecule has 0 bridgehead atoms. The molecule has 1 amide bonds. The molecule has 5 nitrogen and oxygen atoms in total. The molecule has 0 saturated carbocycles. The number of benzene rings is 1. The Morgan fingerprint density at radius 3 is 2.44 bits per heavy atom. The molecule has 0 atom stereocenters. The third-order valence-electron chi connectivity index (χ3n) is 2.57. The Bertz CT molecular complexity index is 596. The highest BCUT2D eigenvalue weighted by Gasteiger charge is 2.09. The van der Waals surface area contributed by atoms with Crippen LogP contribution in [0, 0.1) is 0 Å². The van der Waals surface area contributed by atoms with Gasteiger partial charge in [-0.25, -0.2) is 0 Å². The maximum atomic E-state index is 11.1. The number of carbonyl (C=O) groups is 1. The van der Waals surface area contributed by atoms with Crippen molar-refractivity contribution >= 4 is 22.4 Å². The minimum Gasteiger partial charge on any atom is -0.493 e. The van der Waals surface area contributed by atoms with Crippen LogP contribution in [0.2, 0.25) is 0 Å². The summed E-state index contributed by atoms with van der Waals surface area (Å²) in [7, 11) is 3.15. The fourth-order valence-electron chi connectivity index (χ4n) is 1.79. The third-order valence-corrected chi connectivity index (χ3v) is 2.57. The quantitative estimate of drug-likeness (QED) is 0.902. The van der Waals surface area contributed by atoms with Gasteiger partial charge in [-0.3, -0.25) is 9.78 Å². The van der Waals surface area contributed by atoms with Gasteiger partial charge in [0.1, 0.15) is 0 Å². The normalized spacial score (nSPS) is 10.2. The van der Waals surface area contributed by atoms with Gasteiger partial charge in [-0.2, -0.15) is 0 Å². The molecule has 0 unspecified atom stereocenters. The second-order valence-electron chi connectivity index (χ2n) is 3.80. The minimum absolute atomic E-state index is 0.140. The first-order valence-corrected chi connectivity index (χ1v) is 5.43. The summed E-state index contributed by atoms with van der Waals surface area (Å²) >= 11 is 0. The lowest BCUT2D eigenvalue weighted by Crippen LogP contribution is -2.06. The average molecular weight is 246 g/mol. The van der Waals surface area contributed by atoms with Gasteiger partial charge in [-0.1, -0.05) is 0 Å². The van der Waals surface area contributed by atoms with E-state index in [2.05, 4.69) is 10.3 Å². The van der Waals surface area contributed by atoms with E-state index in [1.165, 1.54) is 6.92 Å². The van der Waals surface area contributed by atoms with Crippen LogP contribution in [0.25, 0.3) is 10.8 Å². The molecule has 2 aromatic rings. The molecule has 94 valence electrons. The molecule has 0 aliphatic heterocycles. The zero-order valence-electron chi connectivity index (χ0n) is 10.5. The molecule has 0 radical (unpaired) electrons. The number of aromatic nitrogens is 1. The second kappa shape index (κ2) is 4.91. The monoisotopic (exact) mass is 246 g/mol. The molecule has 18 heavy (non-hydrogen) atoms. The topological polar surface area (TPSA) is 60.5 Å². The number of ether oxygens (including phenoxy) is 2. The molecule has 0 aliphatic rings. The van der Waals surface area contributed by atoms with E-state index in [1.54, 1.807) is 26.6 Å².